The maximum absolute atomic E-state index is 11.3. The quantitative estimate of drug-likeness (QED) is 0.592. The van der Waals surface area contributed by atoms with Crippen LogP contribution in [0.5, 0.6) is 0 Å². The third kappa shape index (κ3) is 2.86. The molecule has 0 bridgehead atoms. The molecule has 6 N–H and O–H groups in total. The average Bonchev–Trinajstić information content (AvgIpc) is 2.28. The Hall–Kier alpha value is -1.89. The number of rotatable bonds is 3. The predicted molar refractivity (Wildman–Crippen MR) is 66.8 cm³/mol. The summed E-state index contributed by atoms with van der Waals surface area (Å²) in [6, 6.07) is 0.0705. The van der Waals surface area contributed by atoms with E-state index in [-0.39, 0.29) is 23.7 Å². The van der Waals surface area contributed by atoms with Crippen LogP contribution in [0.3, 0.4) is 0 Å². The van der Waals surface area contributed by atoms with Gasteiger partial charge in [0.25, 0.3) is 5.91 Å². The van der Waals surface area contributed by atoms with E-state index in [1.807, 2.05) is 0 Å². The molecule has 1 saturated carbocycles. The summed E-state index contributed by atoms with van der Waals surface area (Å²) in [5.41, 5.74) is 11.0. The number of primary amides is 1. The van der Waals surface area contributed by atoms with Crippen LogP contribution in [0.25, 0.3) is 0 Å². The summed E-state index contributed by atoms with van der Waals surface area (Å²) in [6.45, 7) is 0. The highest BCUT2D eigenvalue weighted by atomic mass is 16.3. The third-order valence-electron chi connectivity index (χ3n) is 3.06. The lowest BCUT2D eigenvalue weighted by atomic mass is 9.93. The van der Waals surface area contributed by atoms with Gasteiger partial charge in [-0.25, -0.2) is 4.98 Å². The molecule has 0 saturated heterocycles. The molecule has 18 heavy (non-hydrogen) atoms. The summed E-state index contributed by atoms with van der Waals surface area (Å²) in [7, 11) is 0. The summed E-state index contributed by atoms with van der Waals surface area (Å²) >= 11 is 0. The Labute approximate surface area is 105 Å². The van der Waals surface area contributed by atoms with E-state index in [4.69, 9.17) is 11.5 Å². The van der Waals surface area contributed by atoms with Crippen molar-refractivity contribution < 1.29 is 9.90 Å². The van der Waals surface area contributed by atoms with E-state index in [9.17, 15) is 9.90 Å². The normalized spacial score (nSPS) is 23.6. The molecule has 1 amide bonds. The molecule has 0 spiro atoms. The molecule has 0 radical (unpaired) electrons. The van der Waals surface area contributed by atoms with Crippen molar-refractivity contribution >= 4 is 17.7 Å². The SMILES string of the molecule is NC(=O)c1cnc(N)nc1N[C@@H]1CCC[C@H](O)C1. The van der Waals surface area contributed by atoms with Gasteiger partial charge >= 0.3 is 0 Å². The van der Waals surface area contributed by atoms with Gasteiger partial charge in [-0.05, 0) is 25.7 Å². The molecule has 98 valence electrons. The van der Waals surface area contributed by atoms with Gasteiger partial charge in [0.2, 0.25) is 5.95 Å². The second-order valence-electron chi connectivity index (χ2n) is 4.52. The fourth-order valence-corrected chi connectivity index (χ4v) is 2.17. The zero-order valence-corrected chi connectivity index (χ0v) is 9.97. The van der Waals surface area contributed by atoms with E-state index in [1.165, 1.54) is 6.20 Å². The van der Waals surface area contributed by atoms with Crippen molar-refractivity contribution in [1.82, 2.24) is 9.97 Å². The molecule has 1 aromatic heterocycles. The number of anilines is 2. The number of nitrogens with two attached hydrogens (primary N) is 2. The molecular formula is C11H17N5O2. The van der Waals surface area contributed by atoms with Gasteiger partial charge in [0.05, 0.1) is 11.7 Å². The number of hydrogen-bond acceptors (Lipinski definition) is 6. The molecule has 0 unspecified atom stereocenters. The zero-order valence-electron chi connectivity index (χ0n) is 9.97. The molecule has 7 nitrogen and oxygen atoms in total. The molecule has 1 aliphatic rings. The first kappa shape index (κ1) is 12.6. The lowest BCUT2D eigenvalue weighted by Crippen LogP contribution is -2.31. The molecule has 1 aliphatic carbocycles. The largest absolute Gasteiger partial charge is 0.393 e. The van der Waals surface area contributed by atoms with Crippen molar-refractivity contribution in [2.45, 2.75) is 37.8 Å². The van der Waals surface area contributed by atoms with Gasteiger partial charge in [-0.3, -0.25) is 4.79 Å². The molecule has 1 fully saturated rings. The van der Waals surface area contributed by atoms with E-state index >= 15 is 0 Å². The van der Waals surface area contributed by atoms with Gasteiger partial charge in [-0.1, -0.05) is 0 Å². The second-order valence-corrected chi connectivity index (χ2v) is 4.52. The average molecular weight is 251 g/mol. The van der Waals surface area contributed by atoms with Crippen molar-refractivity contribution in [2.75, 3.05) is 11.1 Å². The zero-order chi connectivity index (χ0) is 13.1. The number of amides is 1. The predicted octanol–water partition coefficient (Wildman–Crippen LogP) is -0.127. The maximum atomic E-state index is 11.3. The van der Waals surface area contributed by atoms with Crippen LogP contribution >= 0.6 is 0 Å². The summed E-state index contributed by atoms with van der Waals surface area (Å²) in [5, 5.41) is 12.7. The fraction of sp³-hybridized carbons (Fsp3) is 0.545. The number of carbonyl (C=O) groups is 1. The van der Waals surface area contributed by atoms with E-state index in [2.05, 4.69) is 15.3 Å². The van der Waals surface area contributed by atoms with Gasteiger partial charge in [-0.2, -0.15) is 4.98 Å². The maximum Gasteiger partial charge on any atom is 0.254 e. The Kier molecular flexibility index (Phi) is 3.61. The standard InChI is InChI=1S/C11H17N5O2/c12-9(18)8-5-14-11(13)16-10(8)15-6-2-1-3-7(17)4-6/h5-7,17H,1-4H2,(H2,12,18)(H3,13,14,15,16)/t6-,7+/m1/s1. The van der Waals surface area contributed by atoms with Crippen LogP contribution in [-0.2, 0) is 0 Å². The van der Waals surface area contributed by atoms with Crippen LogP contribution in [0.4, 0.5) is 11.8 Å². The lowest BCUT2D eigenvalue weighted by Gasteiger charge is -2.27. The van der Waals surface area contributed by atoms with Gasteiger partial charge in [0, 0.05) is 12.2 Å². The Morgan fingerprint density at radius 2 is 2.28 bits per heavy atom. The summed E-state index contributed by atoms with van der Waals surface area (Å²) in [6.07, 6.45) is 4.29. The first-order valence-corrected chi connectivity index (χ1v) is 5.93. The second kappa shape index (κ2) is 5.18. The minimum Gasteiger partial charge on any atom is -0.393 e. The van der Waals surface area contributed by atoms with Crippen LogP contribution in [-0.4, -0.2) is 33.1 Å². The first-order chi connectivity index (χ1) is 8.56. The number of aliphatic hydroxyl groups excluding tert-OH is 1. The van der Waals surface area contributed by atoms with Crippen LogP contribution in [0, 0.1) is 0 Å². The smallest absolute Gasteiger partial charge is 0.254 e. The Balaban J connectivity index is 2.16. The van der Waals surface area contributed by atoms with Gasteiger partial charge in [0.15, 0.2) is 0 Å². The van der Waals surface area contributed by atoms with Crippen molar-refractivity contribution in [3.8, 4) is 0 Å². The Bertz CT molecular complexity index is 451. The highest BCUT2D eigenvalue weighted by molar-refractivity contribution is 5.97. The fourth-order valence-electron chi connectivity index (χ4n) is 2.17. The molecule has 2 rings (SSSR count). The Morgan fingerprint density at radius 1 is 1.50 bits per heavy atom. The summed E-state index contributed by atoms with van der Waals surface area (Å²) in [5.74, 6) is -0.179. The van der Waals surface area contributed by atoms with Gasteiger partial charge < -0.3 is 21.9 Å². The van der Waals surface area contributed by atoms with Crippen LogP contribution < -0.4 is 16.8 Å². The molecule has 1 heterocycles. The Morgan fingerprint density at radius 3 is 2.94 bits per heavy atom. The topological polar surface area (TPSA) is 127 Å². The molecule has 0 aromatic carbocycles. The third-order valence-corrected chi connectivity index (χ3v) is 3.06. The van der Waals surface area contributed by atoms with Crippen molar-refractivity contribution in [3.63, 3.8) is 0 Å². The number of carbonyl (C=O) groups excluding carboxylic acids is 1. The number of aromatic nitrogens is 2. The van der Waals surface area contributed by atoms with Gasteiger partial charge in [0.1, 0.15) is 5.82 Å². The highest BCUT2D eigenvalue weighted by Gasteiger charge is 2.22. The minimum atomic E-state index is -0.603. The molecule has 1 aromatic rings. The monoisotopic (exact) mass is 251 g/mol. The molecule has 2 atom stereocenters. The molecular weight excluding hydrogens is 234 g/mol. The minimum absolute atomic E-state index is 0.0705. The first-order valence-electron chi connectivity index (χ1n) is 5.93. The van der Waals surface area contributed by atoms with Crippen molar-refractivity contribution in [3.05, 3.63) is 11.8 Å². The van der Waals surface area contributed by atoms with Gasteiger partial charge in [-0.15, -0.1) is 0 Å². The van der Waals surface area contributed by atoms with E-state index in [0.29, 0.717) is 12.2 Å². The summed E-state index contributed by atoms with van der Waals surface area (Å²) in [4.78, 5) is 19.0. The lowest BCUT2D eigenvalue weighted by molar-refractivity contribution is 0.100. The van der Waals surface area contributed by atoms with E-state index in [1.54, 1.807) is 0 Å². The number of aliphatic hydroxyl groups is 1. The van der Waals surface area contributed by atoms with E-state index < -0.39 is 5.91 Å². The van der Waals surface area contributed by atoms with Crippen LogP contribution in [0.1, 0.15) is 36.0 Å². The number of nitrogens with one attached hydrogen (secondary N) is 1. The summed E-state index contributed by atoms with van der Waals surface area (Å²) < 4.78 is 0. The van der Waals surface area contributed by atoms with Crippen molar-refractivity contribution in [1.29, 1.82) is 0 Å². The number of hydrogen-bond donors (Lipinski definition) is 4. The molecule has 0 aliphatic heterocycles. The highest BCUT2D eigenvalue weighted by Crippen LogP contribution is 2.23. The van der Waals surface area contributed by atoms with Crippen LogP contribution in [0.2, 0.25) is 0 Å². The van der Waals surface area contributed by atoms with Crippen molar-refractivity contribution in [2.24, 2.45) is 5.73 Å². The number of nitrogen functional groups attached to an aromatic ring is 1. The van der Waals surface area contributed by atoms with E-state index in [0.717, 1.165) is 19.3 Å². The molecule has 7 heteroatoms. The number of nitrogens with zero attached hydrogens (tertiary/aromatic N) is 2. The van der Waals surface area contributed by atoms with Crippen LogP contribution in [0.15, 0.2) is 6.20 Å².